The Bertz CT molecular complexity index is 319. The van der Waals surface area contributed by atoms with Crippen molar-refractivity contribution in [1.82, 2.24) is 5.32 Å². The zero-order chi connectivity index (χ0) is 13.4. The largest absolute Gasteiger partial charge is 0.389 e. The van der Waals surface area contributed by atoms with E-state index in [0.717, 1.165) is 6.42 Å². The maximum Gasteiger partial charge on any atom is 0.150 e. The molecule has 1 rings (SSSR count). The van der Waals surface area contributed by atoms with E-state index in [2.05, 4.69) is 5.32 Å². The molecule has 0 amide bonds. The second kappa shape index (κ2) is 8.06. The van der Waals surface area contributed by atoms with Gasteiger partial charge >= 0.3 is 0 Å². The number of ether oxygens (including phenoxy) is 2. The molecule has 6 nitrogen and oxygen atoms in total. The van der Waals surface area contributed by atoms with E-state index in [-0.39, 0.29) is 18.3 Å². The zero-order valence-electron chi connectivity index (χ0n) is 10.8. The molecular weight excluding hydrogens is 258 g/mol. The number of aliphatic hydroxyl groups excluding tert-OH is 1. The highest BCUT2D eigenvalue weighted by Crippen LogP contribution is 2.17. The molecule has 2 unspecified atom stereocenters. The predicted octanol–water partition coefficient (Wildman–Crippen LogP) is -0.965. The van der Waals surface area contributed by atoms with E-state index in [1.54, 1.807) is 7.11 Å². The Kier molecular flexibility index (Phi) is 7.10. The van der Waals surface area contributed by atoms with E-state index < -0.39 is 15.9 Å². The molecule has 108 valence electrons. The van der Waals surface area contributed by atoms with Gasteiger partial charge in [0.15, 0.2) is 9.84 Å². The average Bonchev–Trinajstić information content (AvgIpc) is 2.64. The third kappa shape index (κ3) is 6.65. The van der Waals surface area contributed by atoms with Crippen molar-refractivity contribution in [3.63, 3.8) is 0 Å². The number of hydrogen-bond acceptors (Lipinski definition) is 6. The zero-order valence-corrected chi connectivity index (χ0v) is 11.6. The molecule has 1 aliphatic rings. The average molecular weight is 281 g/mol. The van der Waals surface area contributed by atoms with Gasteiger partial charge in [-0.15, -0.1) is 0 Å². The van der Waals surface area contributed by atoms with Crippen molar-refractivity contribution in [2.45, 2.75) is 12.5 Å². The molecule has 0 aliphatic carbocycles. The maximum absolute atomic E-state index is 11.2. The smallest absolute Gasteiger partial charge is 0.150 e. The van der Waals surface area contributed by atoms with Crippen LogP contribution in [0.5, 0.6) is 0 Å². The van der Waals surface area contributed by atoms with Crippen LogP contribution < -0.4 is 5.32 Å². The first kappa shape index (κ1) is 15.8. The van der Waals surface area contributed by atoms with Crippen molar-refractivity contribution in [2.24, 2.45) is 5.92 Å². The van der Waals surface area contributed by atoms with Crippen molar-refractivity contribution >= 4 is 9.84 Å². The number of sulfone groups is 1. The quantitative estimate of drug-likeness (QED) is 0.529. The van der Waals surface area contributed by atoms with Crippen LogP contribution in [0.1, 0.15) is 6.42 Å². The highest BCUT2D eigenvalue weighted by Gasteiger charge is 2.27. The van der Waals surface area contributed by atoms with E-state index in [1.165, 1.54) is 0 Å². The number of aliphatic hydroxyl groups is 1. The van der Waals surface area contributed by atoms with Crippen LogP contribution in [-0.4, -0.2) is 71.2 Å². The molecule has 1 saturated heterocycles. The fraction of sp³-hybridized carbons (Fsp3) is 1.00. The van der Waals surface area contributed by atoms with Crippen LogP contribution in [0.2, 0.25) is 0 Å². The van der Waals surface area contributed by atoms with Crippen LogP contribution in [0.25, 0.3) is 0 Å². The summed E-state index contributed by atoms with van der Waals surface area (Å²) in [6, 6.07) is 0. The van der Waals surface area contributed by atoms with Gasteiger partial charge in [0.25, 0.3) is 0 Å². The molecule has 0 bridgehead atoms. The normalized spacial score (nSPS) is 24.2. The second-order valence-electron chi connectivity index (χ2n) is 4.65. The molecule has 7 heteroatoms. The standard InChI is InChI=1S/C11H23NO5S/c1-16-3-4-17-8-11(13)7-12-6-10-2-5-18(14,15)9-10/h10-13H,2-9H2,1H3. The summed E-state index contributed by atoms with van der Waals surface area (Å²) in [5.74, 6) is 0.735. The lowest BCUT2D eigenvalue weighted by molar-refractivity contribution is 0.0136. The Balaban J connectivity index is 2.00. The summed E-state index contributed by atoms with van der Waals surface area (Å²) in [7, 11) is -1.21. The molecule has 1 aliphatic heterocycles. The van der Waals surface area contributed by atoms with Gasteiger partial charge in [-0.05, 0) is 18.9 Å². The first-order valence-corrected chi connectivity index (χ1v) is 8.01. The third-order valence-electron chi connectivity index (χ3n) is 2.88. The van der Waals surface area contributed by atoms with E-state index in [0.29, 0.717) is 32.1 Å². The highest BCUT2D eigenvalue weighted by atomic mass is 32.2. The fourth-order valence-electron chi connectivity index (χ4n) is 1.91. The number of methoxy groups -OCH3 is 1. The number of hydrogen-bond donors (Lipinski definition) is 2. The predicted molar refractivity (Wildman–Crippen MR) is 68.3 cm³/mol. The molecule has 0 spiro atoms. The fourth-order valence-corrected chi connectivity index (χ4v) is 3.77. The van der Waals surface area contributed by atoms with E-state index in [9.17, 15) is 13.5 Å². The van der Waals surface area contributed by atoms with Crippen LogP contribution in [0.4, 0.5) is 0 Å². The van der Waals surface area contributed by atoms with E-state index in [1.807, 2.05) is 0 Å². The molecule has 0 aromatic rings. The van der Waals surface area contributed by atoms with Gasteiger partial charge in [0.05, 0.1) is 37.4 Å². The van der Waals surface area contributed by atoms with Gasteiger partial charge < -0.3 is 19.9 Å². The third-order valence-corrected chi connectivity index (χ3v) is 4.72. The summed E-state index contributed by atoms with van der Waals surface area (Å²) in [5, 5.41) is 12.7. The lowest BCUT2D eigenvalue weighted by atomic mass is 10.1. The lowest BCUT2D eigenvalue weighted by Crippen LogP contribution is -2.34. The molecular formula is C11H23NO5S. The van der Waals surface area contributed by atoms with Crippen molar-refractivity contribution in [1.29, 1.82) is 0 Å². The monoisotopic (exact) mass is 281 g/mol. The number of rotatable bonds is 9. The summed E-state index contributed by atoms with van der Waals surface area (Å²) >= 11 is 0. The molecule has 0 radical (unpaired) electrons. The molecule has 0 saturated carbocycles. The Morgan fingerprint density at radius 3 is 2.83 bits per heavy atom. The van der Waals surface area contributed by atoms with Gasteiger partial charge in [0, 0.05) is 13.7 Å². The number of nitrogens with one attached hydrogen (secondary N) is 1. The molecule has 2 N–H and O–H groups in total. The van der Waals surface area contributed by atoms with Gasteiger partial charge in [-0.3, -0.25) is 0 Å². The van der Waals surface area contributed by atoms with Crippen LogP contribution in [0.3, 0.4) is 0 Å². The highest BCUT2D eigenvalue weighted by molar-refractivity contribution is 7.91. The van der Waals surface area contributed by atoms with Crippen LogP contribution >= 0.6 is 0 Å². The van der Waals surface area contributed by atoms with E-state index >= 15 is 0 Å². The van der Waals surface area contributed by atoms with Crippen molar-refractivity contribution in [2.75, 3.05) is 51.5 Å². The summed E-state index contributed by atoms with van der Waals surface area (Å²) in [6.07, 6.45) is 0.148. The Labute approximate surface area is 109 Å². The van der Waals surface area contributed by atoms with Crippen LogP contribution in [0, 0.1) is 5.92 Å². The SMILES string of the molecule is COCCOCC(O)CNCC1CCS(=O)(=O)C1. The Morgan fingerprint density at radius 1 is 1.44 bits per heavy atom. The van der Waals surface area contributed by atoms with Gasteiger partial charge in [-0.2, -0.15) is 0 Å². The molecule has 1 fully saturated rings. The Morgan fingerprint density at radius 2 is 2.22 bits per heavy atom. The lowest BCUT2D eigenvalue weighted by Gasteiger charge is -2.14. The summed E-state index contributed by atoms with van der Waals surface area (Å²) in [4.78, 5) is 0. The molecule has 1 heterocycles. The van der Waals surface area contributed by atoms with Gasteiger partial charge in [0.1, 0.15) is 0 Å². The topological polar surface area (TPSA) is 84.9 Å². The van der Waals surface area contributed by atoms with Crippen molar-refractivity contribution < 1.29 is 23.0 Å². The van der Waals surface area contributed by atoms with Gasteiger partial charge in [0.2, 0.25) is 0 Å². The maximum atomic E-state index is 11.2. The van der Waals surface area contributed by atoms with Crippen molar-refractivity contribution in [3.05, 3.63) is 0 Å². The summed E-state index contributed by atoms with van der Waals surface area (Å²) in [6.45, 7) is 2.30. The summed E-state index contributed by atoms with van der Waals surface area (Å²) in [5.41, 5.74) is 0. The summed E-state index contributed by atoms with van der Waals surface area (Å²) < 4.78 is 32.5. The molecule has 0 aromatic heterocycles. The molecule has 18 heavy (non-hydrogen) atoms. The Hall–Kier alpha value is -0.210. The van der Waals surface area contributed by atoms with Crippen LogP contribution in [-0.2, 0) is 19.3 Å². The minimum atomic E-state index is -2.81. The van der Waals surface area contributed by atoms with Gasteiger partial charge in [-0.25, -0.2) is 8.42 Å². The minimum absolute atomic E-state index is 0.177. The van der Waals surface area contributed by atoms with Crippen LogP contribution in [0.15, 0.2) is 0 Å². The first-order chi connectivity index (χ1) is 8.53. The van der Waals surface area contributed by atoms with E-state index in [4.69, 9.17) is 9.47 Å². The second-order valence-corrected chi connectivity index (χ2v) is 6.88. The first-order valence-electron chi connectivity index (χ1n) is 6.19. The van der Waals surface area contributed by atoms with Gasteiger partial charge in [-0.1, -0.05) is 0 Å². The molecule has 2 atom stereocenters. The molecule has 0 aromatic carbocycles. The van der Waals surface area contributed by atoms with Crippen molar-refractivity contribution in [3.8, 4) is 0 Å². The minimum Gasteiger partial charge on any atom is -0.389 e.